The van der Waals surface area contributed by atoms with E-state index >= 15 is 0 Å². The van der Waals surface area contributed by atoms with Crippen molar-refractivity contribution >= 4 is 11.7 Å². The van der Waals surface area contributed by atoms with Crippen molar-refractivity contribution in [3.8, 4) is 0 Å². The average molecular weight is 173 g/mol. The van der Waals surface area contributed by atoms with E-state index in [9.17, 15) is 14.8 Å². The molecule has 1 aromatic rings. The van der Waals surface area contributed by atoms with Crippen molar-refractivity contribution < 1.29 is 39.5 Å². The largest absolute Gasteiger partial charge is 1.00 e. The summed E-state index contributed by atoms with van der Waals surface area (Å²) in [4.78, 5) is 20.3. The summed E-state index contributed by atoms with van der Waals surface area (Å²) in [6.07, 6.45) is 0. The molecule has 0 amide bonds. The molecular formula is C7H4NNaO3. The Morgan fingerprint density at radius 3 is 2.33 bits per heavy atom. The second-order valence-corrected chi connectivity index (χ2v) is 1.90. The predicted octanol–water partition coefficient (Wildman–Crippen LogP) is -2.55. The third-order valence-corrected chi connectivity index (χ3v) is 1.22. The molecule has 0 saturated heterocycles. The summed E-state index contributed by atoms with van der Waals surface area (Å²) in [6, 6.07) is 5.62. The molecule has 0 spiro atoms. The Hall–Kier alpha value is -0.710. The number of carboxylic acids is 1. The van der Waals surface area contributed by atoms with Gasteiger partial charge in [0.2, 0.25) is 0 Å². The van der Waals surface area contributed by atoms with Crippen molar-refractivity contribution in [2.75, 3.05) is 0 Å². The monoisotopic (exact) mass is 173 g/mol. The van der Waals surface area contributed by atoms with E-state index in [2.05, 4.69) is 5.18 Å². The van der Waals surface area contributed by atoms with Crippen LogP contribution in [-0.2, 0) is 0 Å². The number of carbonyl (C=O) groups excluding carboxylic acids is 1. The van der Waals surface area contributed by atoms with Gasteiger partial charge < -0.3 is 9.90 Å². The van der Waals surface area contributed by atoms with Crippen LogP contribution in [0.15, 0.2) is 29.4 Å². The number of nitroso groups, excluding NO2 is 1. The third-order valence-electron chi connectivity index (χ3n) is 1.22. The summed E-state index contributed by atoms with van der Waals surface area (Å²) in [7, 11) is 0. The number of aromatic carboxylic acids is 1. The van der Waals surface area contributed by atoms with Crippen LogP contribution in [0.4, 0.5) is 5.69 Å². The zero-order chi connectivity index (χ0) is 8.27. The number of rotatable bonds is 2. The summed E-state index contributed by atoms with van der Waals surface area (Å²) in [6.45, 7) is 0. The Morgan fingerprint density at radius 2 is 1.92 bits per heavy atom. The molecule has 1 rings (SSSR count). The first kappa shape index (κ1) is 11.3. The van der Waals surface area contributed by atoms with Gasteiger partial charge in [-0.15, -0.1) is 4.91 Å². The van der Waals surface area contributed by atoms with Gasteiger partial charge in [-0.2, -0.15) is 0 Å². The van der Waals surface area contributed by atoms with Gasteiger partial charge >= 0.3 is 29.6 Å². The fourth-order valence-electron chi connectivity index (χ4n) is 0.726. The number of carbonyl (C=O) groups is 1. The molecule has 0 saturated carbocycles. The minimum atomic E-state index is -1.39. The summed E-state index contributed by atoms with van der Waals surface area (Å²) in [5, 5.41) is 12.8. The summed E-state index contributed by atoms with van der Waals surface area (Å²) in [5.41, 5.74) is -0.282. The molecule has 1 aromatic carbocycles. The zero-order valence-corrected chi connectivity index (χ0v) is 8.48. The normalized spacial score (nSPS) is 8.33. The van der Waals surface area contributed by atoms with Crippen molar-refractivity contribution in [1.82, 2.24) is 0 Å². The SMILES string of the molecule is O=Nc1ccccc1C(=O)[O-].[Na+]. The van der Waals surface area contributed by atoms with E-state index in [4.69, 9.17) is 0 Å². The summed E-state index contributed by atoms with van der Waals surface area (Å²) >= 11 is 0. The molecule has 4 nitrogen and oxygen atoms in total. The molecule has 0 N–H and O–H groups in total. The molecule has 5 heteroatoms. The second-order valence-electron chi connectivity index (χ2n) is 1.90. The number of nitrogens with zero attached hydrogens (tertiary/aromatic N) is 1. The van der Waals surface area contributed by atoms with Crippen LogP contribution in [0, 0.1) is 4.91 Å². The van der Waals surface area contributed by atoms with E-state index in [0.29, 0.717) is 0 Å². The van der Waals surface area contributed by atoms with Crippen LogP contribution in [0.25, 0.3) is 0 Å². The number of hydrogen-bond donors (Lipinski definition) is 0. The van der Waals surface area contributed by atoms with Crippen molar-refractivity contribution in [3.05, 3.63) is 34.7 Å². The van der Waals surface area contributed by atoms with Gasteiger partial charge in [-0.3, -0.25) is 0 Å². The predicted molar refractivity (Wildman–Crippen MR) is 36.2 cm³/mol. The number of carboxylic acid groups (broad SMARTS) is 1. The minimum absolute atomic E-state index is 0. The van der Waals surface area contributed by atoms with Crippen LogP contribution in [0.5, 0.6) is 0 Å². The first-order valence-corrected chi connectivity index (χ1v) is 2.89. The smallest absolute Gasteiger partial charge is 0.545 e. The fourth-order valence-corrected chi connectivity index (χ4v) is 0.726. The molecule has 0 heterocycles. The van der Waals surface area contributed by atoms with Crippen molar-refractivity contribution in [2.45, 2.75) is 0 Å². The molecule has 0 bridgehead atoms. The molecule has 0 atom stereocenters. The fraction of sp³-hybridized carbons (Fsp3) is 0. The van der Waals surface area contributed by atoms with Crippen molar-refractivity contribution in [3.63, 3.8) is 0 Å². The van der Waals surface area contributed by atoms with E-state index < -0.39 is 5.97 Å². The first-order valence-electron chi connectivity index (χ1n) is 2.89. The van der Waals surface area contributed by atoms with Crippen molar-refractivity contribution in [2.24, 2.45) is 5.18 Å². The molecule has 0 aromatic heterocycles. The zero-order valence-electron chi connectivity index (χ0n) is 6.48. The van der Waals surface area contributed by atoms with E-state index in [1.807, 2.05) is 0 Å². The molecule has 0 aliphatic carbocycles. The van der Waals surface area contributed by atoms with E-state index in [-0.39, 0.29) is 40.8 Å². The number of benzene rings is 1. The van der Waals surface area contributed by atoms with Gasteiger partial charge in [0.25, 0.3) is 0 Å². The average Bonchev–Trinajstić information content (AvgIpc) is 2.04. The van der Waals surface area contributed by atoms with Crippen LogP contribution in [0.3, 0.4) is 0 Å². The third kappa shape index (κ3) is 2.41. The Morgan fingerprint density at radius 1 is 1.33 bits per heavy atom. The Kier molecular flexibility index (Phi) is 4.73. The second kappa shape index (κ2) is 5.03. The van der Waals surface area contributed by atoms with Gasteiger partial charge in [-0.25, -0.2) is 0 Å². The number of hydrogen-bond acceptors (Lipinski definition) is 4. The molecule has 0 fully saturated rings. The Balaban J connectivity index is 0.00000121. The van der Waals surface area contributed by atoms with Crippen LogP contribution < -0.4 is 34.7 Å². The molecule has 56 valence electrons. The van der Waals surface area contributed by atoms with E-state index in [1.165, 1.54) is 24.3 Å². The molecular weight excluding hydrogens is 169 g/mol. The maximum atomic E-state index is 10.3. The maximum Gasteiger partial charge on any atom is 1.00 e. The van der Waals surface area contributed by atoms with E-state index in [1.54, 1.807) is 0 Å². The topological polar surface area (TPSA) is 69.6 Å². The molecule has 0 radical (unpaired) electrons. The van der Waals surface area contributed by atoms with Gasteiger partial charge in [0.15, 0.2) is 0 Å². The summed E-state index contributed by atoms with van der Waals surface area (Å²) < 4.78 is 0. The molecule has 0 aliphatic rings. The van der Waals surface area contributed by atoms with Crippen molar-refractivity contribution in [1.29, 1.82) is 0 Å². The quantitative estimate of drug-likeness (QED) is 0.365. The Labute approximate surface area is 90.9 Å². The first-order chi connectivity index (χ1) is 5.25. The van der Waals surface area contributed by atoms with Gasteiger partial charge in [-0.05, 0) is 11.2 Å². The van der Waals surface area contributed by atoms with Gasteiger partial charge in [-0.1, -0.05) is 18.2 Å². The standard InChI is InChI=1S/C7H5NO3.Na/c9-7(10)5-3-1-2-4-6(5)8-11;/h1-4H,(H,9,10);/q;+1/p-1. The van der Waals surface area contributed by atoms with Gasteiger partial charge in [0.05, 0.1) is 5.97 Å². The molecule has 0 unspecified atom stereocenters. The minimum Gasteiger partial charge on any atom is -0.545 e. The van der Waals surface area contributed by atoms with Crippen LogP contribution in [-0.4, -0.2) is 5.97 Å². The Bertz CT molecular complexity index is 300. The molecule has 0 aliphatic heterocycles. The van der Waals surface area contributed by atoms with Crippen LogP contribution in [0.2, 0.25) is 0 Å². The maximum absolute atomic E-state index is 10.3. The summed E-state index contributed by atoms with van der Waals surface area (Å²) in [5.74, 6) is -1.39. The van der Waals surface area contributed by atoms with E-state index in [0.717, 1.165) is 0 Å². The van der Waals surface area contributed by atoms with Gasteiger partial charge in [0, 0.05) is 5.56 Å². The van der Waals surface area contributed by atoms with Crippen LogP contribution in [0.1, 0.15) is 10.4 Å². The van der Waals surface area contributed by atoms with Crippen LogP contribution >= 0.6 is 0 Å². The van der Waals surface area contributed by atoms with Gasteiger partial charge in [0.1, 0.15) is 5.69 Å². The molecule has 12 heavy (non-hydrogen) atoms.